The third-order valence-electron chi connectivity index (χ3n) is 5.19. The topological polar surface area (TPSA) is 37.4 Å². The third kappa shape index (κ3) is 4.23. The lowest BCUT2D eigenvalue weighted by molar-refractivity contribution is -0.135. The number of carbonyl (C=O) groups is 2. The van der Waals surface area contributed by atoms with E-state index in [1.807, 2.05) is 19.1 Å². The van der Waals surface area contributed by atoms with Gasteiger partial charge in [0.15, 0.2) is 5.78 Å². The van der Waals surface area contributed by atoms with Gasteiger partial charge in [-0.3, -0.25) is 9.59 Å². The molecule has 1 amide bonds. The van der Waals surface area contributed by atoms with Gasteiger partial charge in [-0.2, -0.15) is 0 Å². The van der Waals surface area contributed by atoms with Crippen molar-refractivity contribution in [3.63, 3.8) is 0 Å². The molecule has 0 spiro atoms. The zero-order chi connectivity index (χ0) is 16.4. The predicted octanol–water partition coefficient (Wildman–Crippen LogP) is 4.59. The van der Waals surface area contributed by atoms with Crippen molar-refractivity contribution in [3.05, 3.63) is 21.9 Å². The van der Waals surface area contributed by atoms with Gasteiger partial charge in [-0.15, -0.1) is 11.3 Å². The standard InChI is InChI=1S/C19H27NO2S/c1-13-3-6-15(7-4-13)20(16-8-9-16)19(22)12-10-17(21)18-11-5-14(2)23-18/h5,11,13,15-16H,3-4,6-10,12H2,1-2H3. The predicted molar refractivity (Wildman–Crippen MR) is 93.9 cm³/mol. The first-order valence-electron chi connectivity index (χ1n) is 8.95. The zero-order valence-corrected chi connectivity index (χ0v) is 15.0. The summed E-state index contributed by atoms with van der Waals surface area (Å²) in [6.07, 6.45) is 7.77. The van der Waals surface area contributed by atoms with Gasteiger partial charge in [0.05, 0.1) is 4.88 Å². The highest BCUT2D eigenvalue weighted by atomic mass is 32.1. The van der Waals surface area contributed by atoms with Gasteiger partial charge in [0.2, 0.25) is 5.91 Å². The summed E-state index contributed by atoms with van der Waals surface area (Å²) < 4.78 is 0. The quantitative estimate of drug-likeness (QED) is 0.714. The number of carbonyl (C=O) groups excluding carboxylic acids is 2. The Morgan fingerprint density at radius 2 is 1.65 bits per heavy atom. The summed E-state index contributed by atoms with van der Waals surface area (Å²) in [4.78, 5) is 29.0. The third-order valence-corrected chi connectivity index (χ3v) is 6.23. The fraction of sp³-hybridized carbons (Fsp3) is 0.684. The Labute approximate surface area is 143 Å². The molecule has 3 rings (SSSR count). The van der Waals surface area contributed by atoms with Crippen molar-refractivity contribution >= 4 is 23.0 Å². The van der Waals surface area contributed by atoms with Crippen molar-refractivity contribution in [2.45, 2.75) is 77.3 Å². The normalized spacial score (nSPS) is 24.4. The van der Waals surface area contributed by atoms with Crippen molar-refractivity contribution < 1.29 is 9.59 Å². The minimum Gasteiger partial charge on any atom is -0.337 e. The van der Waals surface area contributed by atoms with E-state index in [0.717, 1.165) is 41.4 Å². The molecule has 4 heteroatoms. The van der Waals surface area contributed by atoms with Gasteiger partial charge >= 0.3 is 0 Å². The summed E-state index contributed by atoms with van der Waals surface area (Å²) in [5, 5.41) is 0. The van der Waals surface area contributed by atoms with Crippen LogP contribution in [-0.2, 0) is 4.79 Å². The van der Waals surface area contributed by atoms with Gasteiger partial charge in [-0.25, -0.2) is 0 Å². The fourth-order valence-corrected chi connectivity index (χ4v) is 4.47. The molecule has 3 nitrogen and oxygen atoms in total. The number of aryl methyl sites for hydroxylation is 1. The average Bonchev–Trinajstić information content (AvgIpc) is 3.27. The Kier molecular flexibility index (Phi) is 5.20. The number of thiophene rings is 1. The van der Waals surface area contributed by atoms with Gasteiger partial charge in [-0.05, 0) is 63.5 Å². The Hall–Kier alpha value is -1.16. The highest BCUT2D eigenvalue weighted by Crippen LogP contribution is 2.35. The number of amides is 1. The van der Waals surface area contributed by atoms with Gasteiger partial charge in [0.25, 0.3) is 0 Å². The monoisotopic (exact) mass is 333 g/mol. The molecule has 0 aliphatic heterocycles. The number of ketones is 1. The molecule has 126 valence electrons. The smallest absolute Gasteiger partial charge is 0.223 e. The van der Waals surface area contributed by atoms with E-state index < -0.39 is 0 Å². The Morgan fingerprint density at radius 1 is 1.04 bits per heavy atom. The minimum atomic E-state index is 0.115. The Bertz CT molecular complexity index is 568. The van der Waals surface area contributed by atoms with Crippen molar-refractivity contribution in [3.8, 4) is 0 Å². The molecule has 0 saturated heterocycles. The summed E-state index contributed by atoms with van der Waals surface area (Å²) in [6, 6.07) is 4.73. The van der Waals surface area contributed by atoms with Crippen LogP contribution in [0.5, 0.6) is 0 Å². The van der Waals surface area contributed by atoms with Crippen LogP contribution in [0.2, 0.25) is 0 Å². The van der Waals surface area contributed by atoms with Gasteiger partial charge < -0.3 is 4.90 Å². The van der Waals surface area contributed by atoms with E-state index in [0.29, 0.717) is 24.9 Å². The number of nitrogens with zero attached hydrogens (tertiary/aromatic N) is 1. The molecule has 0 aromatic carbocycles. The van der Waals surface area contributed by atoms with Crippen LogP contribution in [0.15, 0.2) is 12.1 Å². The first kappa shape index (κ1) is 16.7. The Balaban J connectivity index is 1.55. The maximum absolute atomic E-state index is 12.7. The molecular formula is C19H27NO2S. The maximum atomic E-state index is 12.7. The summed E-state index contributed by atoms with van der Waals surface area (Å²) in [5.74, 6) is 1.11. The molecule has 0 bridgehead atoms. The zero-order valence-electron chi connectivity index (χ0n) is 14.2. The van der Waals surface area contributed by atoms with E-state index in [2.05, 4.69) is 11.8 Å². The van der Waals surface area contributed by atoms with Crippen molar-refractivity contribution in [1.29, 1.82) is 0 Å². The van der Waals surface area contributed by atoms with Crippen molar-refractivity contribution in [2.75, 3.05) is 0 Å². The molecule has 2 aliphatic rings. The lowest BCUT2D eigenvalue weighted by Crippen LogP contribution is -2.43. The second-order valence-corrected chi connectivity index (χ2v) is 8.57. The van der Waals surface area contributed by atoms with Gasteiger partial charge in [-0.1, -0.05) is 6.92 Å². The largest absolute Gasteiger partial charge is 0.337 e. The number of hydrogen-bond donors (Lipinski definition) is 0. The highest BCUT2D eigenvalue weighted by molar-refractivity contribution is 7.14. The summed E-state index contributed by atoms with van der Waals surface area (Å²) in [6.45, 7) is 4.31. The van der Waals surface area contributed by atoms with Crippen molar-refractivity contribution in [1.82, 2.24) is 4.90 Å². The van der Waals surface area contributed by atoms with Crippen LogP contribution in [0.4, 0.5) is 0 Å². The lowest BCUT2D eigenvalue weighted by atomic mass is 9.86. The highest BCUT2D eigenvalue weighted by Gasteiger charge is 2.38. The van der Waals surface area contributed by atoms with Gasteiger partial charge in [0, 0.05) is 29.8 Å². The molecule has 0 N–H and O–H groups in total. The van der Waals surface area contributed by atoms with Crippen LogP contribution >= 0.6 is 11.3 Å². The Morgan fingerprint density at radius 3 is 2.17 bits per heavy atom. The average molecular weight is 333 g/mol. The van der Waals surface area contributed by atoms with E-state index in [-0.39, 0.29) is 11.7 Å². The van der Waals surface area contributed by atoms with Crippen LogP contribution in [0, 0.1) is 12.8 Å². The molecule has 2 aliphatic carbocycles. The SMILES string of the molecule is Cc1ccc(C(=O)CCC(=O)N(C2CCC(C)CC2)C2CC2)s1. The summed E-state index contributed by atoms with van der Waals surface area (Å²) in [7, 11) is 0. The molecule has 0 unspecified atom stereocenters. The molecule has 1 aromatic rings. The first-order valence-corrected chi connectivity index (χ1v) is 9.77. The van der Waals surface area contributed by atoms with Crippen molar-refractivity contribution in [2.24, 2.45) is 5.92 Å². The lowest BCUT2D eigenvalue weighted by Gasteiger charge is -2.36. The maximum Gasteiger partial charge on any atom is 0.223 e. The van der Waals surface area contributed by atoms with E-state index in [4.69, 9.17) is 0 Å². The molecule has 1 aromatic heterocycles. The number of hydrogen-bond acceptors (Lipinski definition) is 3. The van der Waals surface area contributed by atoms with Crippen LogP contribution in [0.25, 0.3) is 0 Å². The van der Waals surface area contributed by atoms with Crippen LogP contribution in [0.3, 0.4) is 0 Å². The molecule has 2 fully saturated rings. The first-order chi connectivity index (χ1) is 11.0. The number of rotatable bonds is 6. The minimum absolute atomic E-state index is 0.115. The van der Waals surface area contributed by atoms with E-state index in [1.54, 1.807) is 0 Å². The molecule has 2 saturated carbocycles. The second-order valence-electron chi connectivity index (χ2n) is 7.28. The molecule has 1 heterocycles. The molecule has 23 heavy (non-hydrogen) atoms. The summed E-state index contributed by atoms with van der Waals surface area (Å²) >= 11 is 1.53. The fourth-order valence-electron chi connectivity index (χ4n) is 3.64. The van der Waals surface area contributed by atoms with Gasteiger partial charge in [0.1, 0.15) is 0 Å². The van der Waals surface area contributed by atoms with E-state index in [9.17, 15) is 9.59 Å². The summed E-state index contributed by atoms with van der Waals surface area (Å²) in [5.41, 5.74) is 0. The second kappa shape index (κ2) is 7.16. The molecule has 0 atom stereocenters. The van der Waals surface area contributed by atoms with E-state index >= 15 is 0 Å². The van der Waals surface area contributed by atoms with Crippen LogP contribution in [0.1, 0.15) is 72.8 Å². The number of Topliss-reactive ketones (excluding diaryl/α,β-unsaturated/α-hetero) is 1. The molecular weight excluding hydrogens is 306 g/mol. The van der Waals surface area contributed by atoms with Crippen LogP contribution in [-0.4, -0.2) is 28.7 Å². The van der Waals surface area contributed by atoms with Crippen LogP contribution < -0.4 is 0 Å². The molecule has 0 radical (unpaired) electrons. The van der Waals surface area contributed by atoms with E-state index in [1.165, 1.54) is 24.2 Å².